The summed E-state index contributed by atoms with van der Waals surface area (Å²) in [4.78, 5) is 28.9. The molecule has 0 radical (unpaired) electrons. The molecule has 1 fully saturated rings. The molecular weight excluding hydrogens is 398 g/mol. The molecule has 0 N–H and O–H groups in total. The number of esters is 1. The highest BCUT2D eigenvalue weighted by molar-refractivity contribution is 7.99. The Balaban J connectivity index is 1.63. The normalized spacial score (nSPS) is 14.9. The molecule has 3 rings (SSSR count). The Kier molecular flexibility index (Phi) is 7.13. The summed E-state index contributed by atoms with van der Waals surface area (Å²) in [6.45, 7) is 12.0. The second kappa shape index (κ2) is 9.60. The summed E-state index contributed by atoms with van der Waals surface area (Å²) in [5, 5.41) is 0. The van der Waals surface area contributed by atoms with Crippen LogP contribution in [0.1, 0.15) is 31.1 Å². The van der Waals surface area contributed by atoms with Crippen LogP contribution >= 0.6 is 11.8 Å². The zero-order valence-electron chi connectivity index (χ0n) is 17.6. The minimum atomic E-state index is -0.560. The van der Waals surface area contributed by atoms with Crippen LogP contribution in [-0.4, -0.2) is 48.5 Å². The lowest BCUT2D eigenvalue weighted by Gasteiger charge is -2.39. The molecule has 0 spiro atoms. The van der Waals surface area contributed by atoms with Crippen molar-refractivity contribution in [2.24, 2.45) is 0 Å². The van der Waals surface area contributed by atoms with Crippen LogP contribution in [0.2, 0.25) is 0 Å². The predicted octanol–water partition coefficient (Wildman–Crippen LogP) is 4.61. The van der Waals surface area contributed by atoms with E-state index in [4.69, 9.17) is 9.47 Å². The first-order valence-corrected chi connectivity index (χ1v) is 10.7. The SMILES string of the molecule is C=C(C)C(=O)Oc1ccc(Sc2ccc(C(=O)C(C)(C)N3CCOCC3)cc2)cc1. The van der Waals surface area contributed by atoms with E-state index in [1.807, 2.05) is 50.2 Å². The maximum absolute atomic E-state index is 13.1. The molecule has 1 saturated heterocycles. The van der Waals surface area contributed by atoms with E-state index in [-0.39, 0.29) is 5.78 Å². The molecule has 6 heteroatoms. The second-order valence-electron chi connectivity index (χ2n) is 7.76. The predicted molar refractivity (Wildman–Crippen MR) is 118 cm³/mol. The fraction of sp³-hybridized carbons (Fsp3) is 0.333. The first kappa shape index (κ1) is 22.3. The van der Waals surface area contributed by atoms with Crippen LogP contribution in [0.3, 0.4) is 0 Å². The average Bonchev–Trinajstić information content (AvgIpc) is 2.75. The quantitative estimate of drug-likeness (QED) is 0.279. The molecule has 158 valence electrons. The van der Waals surface area contributed by atoms with Gasteiger partial charge in [0.15, 0.2) is 5.78 Å². The fourth-order valence-corrected chi connectivity index (χ4v) is 4.02. The van der Waals surface area contributed by atoms with Crippen molar-refractivity contribution in [3.05, 3.63) is 66.2 Å². The lowest BCUT2D eigenvalue weighted by atomic mass is 9.91. The van der Waals surface area contributed by atoms with Crippen LogP contribution in [0.15, 0.2) is 70.5 Å². The minimum absolute atomic E-state index is 0.115. The van der Waals surface area contributed by atoms with Crippen LogP contribution in [0.5, 0.6) is 5.75 Å². The van der Waals surface area contributed by atoms with E-state index in [2.05, 4.69) is 11.5 Å². The number of rotatable bonds is 7. The number of Topliss-reactive ketones (excluding diaryl/α,β-unsaturated/α-hetero) is 1. The molecule has 0 saturated carbocycles. The van der Waals surface area contributed by atoms with Gasteiger partial charge in [0.25, 0.3) is 0 Å². The number of benzene rings is 2. The van der Waals surface area contributed by atoms with Gasteiger partial charge in [-0.25, -0.2) is 4.79 Å². The van der Waals surface area contributed by atoms with Gasteiger partial charge in [-0.05, 0) is 57.2 Å². The topological polar surface area (TPSA) is 55.8 Å². The van der Waals surface area contributed by atoms with E-state index >= 15 is 0 Å². The Labute approximate surface area is 182 Å². The summed E-state index contributed by atoms with van der Waals surface area (Å²) >= 11 is 1.58. The van der Waals surface area contributed by atoms with Crippen molar-refractivity contribution >= 4 is 23.5 Å². The van der Waals surface area contributed by atoms with Gasteiger partial charge in [-0.15, -0.1) is 0 Å². The summed E-state index contributed by atoms with van der Waals surface area (Å²) in [6, 6.07) is 15.0. The summed E-state index contributed by atoms with van der Waals surface area (Å²) in [6.07, 6.45) is 0. The van der Waals surface area contributed by atoms with E-state index in [9.17, 15) is 9.59 Å². The summed E-state index contributed by atoms with van der Waals surface area (Å²) < 4.78 is 10.6. The molecule has 5 nitrogen and oxygen atoms in total. The van der Waals surface area contributed by atoms with E-state index in [0.717, 1.165) is 22.9 Å². The molecule has 1 heterocycles. The zero-order chi connectivity index (χ0) is 21.7. The first-order chi connectivity index (χ1) is 14.3. The van der Waals surface area contributed by atoms with Gasteiger partial charge in [0.2, 0.25) is 0 Å². The highest BCUT2D eigenvalue weighted by atomic mass is 32.2. The highest BCUT2D eigenvalue weighted by Crippen LogP contribution is 2.30. The molecule has 0 amide bonds. The molecule has 0 atom stereocenters. The van der Waals surface area contributed by atoms with Gasteiger partial charge in [0.05, 0.1) is 18.8 Å². The number of morpholine rings is 1. The standard InChI is InChI=1S/C24H27NO4S/c1-17(2)23(27)29-19-7-11-21(12-8-19)30-20-9-5-18(6-10-20)22(26)24(3,4)25-13-15-28-16-14-25/h5-12H,1,13-16H2,2-4H3. The van der Waals surface area contributed by atoms with Crippen molar-refractivity contribution in [3.63, 3.8) is 0 Å². The molecule has 0 aliphatic carbocycles. The van der Waals surface area contributed by atoms with Crippen molar-refractivity contribution < 1.29 is 19.1 Å². The maximum atomic E-state index is 13.1. The molecule has 30 heavy (non-hydrogen) atoms. The number of hydrogen-bond donors (Lipinski definition) is 0. The third kappa shape index (κ3) is 5.39. The molecule has 0 unspecified atom stereocenters. The molecule has 2 aromatic carbocycles. The summed E-state index contributed by atoms with van der Waals surface area (Å²) in [5.41, 5.74) is 0.507. The third-order valence-electron chi connectivity index (χ3n) is 5.09. The number of nitrogens with zero attached hydrogens (tertiary/aromatic N) is 1. The monoisotopic (exact) mass is 425 g/mol. The number of hydrogen-bond acceptors (Lipinski definition) is 6. The largest absolute Gasteiger partial charge is 0.423 e. The Hall–Kier alpha value is -2.41. The Morgan fingerprint density at radius 2 is 1.53 bits per heavy atom. The zero-order valence-corrected chi connectivity index (χ0v) is 18.5. The van der Waals surface area contributed by atoms with Crippen molar-refractivity contribution in [3.8, 4) is 5.75 Å². The molecule has 1 aliphatic heterocycles. The van der Waals surface area contributed by atoms with Crippen molar-refractivity contribution in [2.45, 2.75) is 36.1 Å². The minimum Gasteiger partial charge on any atom is -0.423 e. The second-order valence-corrected chi connectivity index (χ2v) is 8.90. The van der Waals surface area contributed by atoms with Crippen LogP contribution in [0.25, 0.3) is 0 Å². The van der Waals surface area contributed by atoms with E-state index in [0.29, 0.717) is 30.1 Å². The van der Waals surface area contributed by atoms with Gasteiger partial charge in [-0.3, -0.25) is 9.69 Å². The number of carbonyl (C=O) groups is 2. The number of ether oxygens (including phenoxy) is 2. The lowest BCUT2D eigenvalue weighted by Crippen LogP contribution is -2.54. The molecule has 1 aliphatic rings. The van der Waals surface area contributed by atoms with Gasteiger partial charge < -0.3 is 9.47 Å². The fourth-order valence-electron chi connectivity index (χ4n) is 3.20. The molecular formula is C24H27NO4S. The van der Waals surface area contributed by atoms with Crippen LogP contribution in [0.4, 0.5) is 0 Å². The molecule has 0 aromatic heterocycles. The number of ketones is 1. The van der Waals surface area contributed by atoms with Crippen LogP contribution in [-0.2, 0) is 9.53 Å². The third-order valence-corrected chi connectivity index (χ3v) is 6.11. The van der Waals surface area contributed by atoms with Gasteiger partial charge in [0.1, 0.15) is 5.75 Å². The summed E-state index contributed by atoms with van der Waals surface area (Å²) in [5.74, 6) is 0.166. The van der Waals surface area contributed by atoms with Gasteiger partial charge in [0, 0.05) is 34.0 Å². The van der Waals surface area contributed by atoms with Gasteiger partial charge >= 0.3 is 5.97 Å². The Morgan fingerprint density at radius 3 is 2.07 bits per heavy atom. The smallest absolute Gasteiger partial charge is 0.338 e. The first-order valence-electron chi connectivity index (χ1n) is 9.90. The highest BCUT2D eigenvalue weighted by Gasteiger charge is 2.35. The Bertz CT molecular complexity index is 913. The van der Waals surface area contributed by atoms with E-state index < -0.39 is 11.5 Å². The van der Waals surface area contributed by atoms with E-state index in [1.54, 1.807) is 30.8 Å². The van der Waals surface area contributed by atoms with Gasteiger partial charge in [-0.2, -0.15) is 0 Å². The lowest BCUT2D eigenvalue weighted by molar-refractivity contribution is -0.130. The Morgan fingerprint density at radius 1 is 1.00 bits per heavy atom. The van der Waals surface area contributed by atoms with Crippen molar-refractivity contribution in [1.29, 1.82) is 0 Å². The van der Waals surface area contributed by atoms with Gasteiger partial charge in [-0.1, -0.05) is 30.5 Å². The number of carbonyl (C=O) groups excluding carboxylic acids is 2. The van der Waals surface area contributed by atoms with Crippen molar-refractivity contribution in [2.75, 3.05) is 26.3 Å². The molecule has 0 bridgehead atoms. The van der Waals surface area contributed by atoms with Crippen molar-refractivity contribution in [1.82, 2.24) is 4.90 Å². The van der Waals surface area contributed by atoms with Crippen LogP contribution in [0, 0.1) is 0 Å². The van der Waals surface area contributed by atoms with E-state index in [1.165, 1.54) is 0 Å². The summed E-state index contributed by atoms with van der Waals surface area (Å²) in [7, 11) is 0. The average molecular weight is 426 g/mol. The maximum Gasteiger partial charge on any atom is 0.338 e. The van der Waals surface area contributed by atoms with Crippen LogP contribution < -0.4 is 4.74 Å². The molecule has 2 aromatic rings.